The smallest absolute Gasteiger partial charge is 0.306 e. The molecule has 0 rings (SSSR count). The Bertz CT molecular complexity index is 1330. The average molecular weight is 962 g/mol. The minimum absolute atomic E-state index is 0.0943. The molecule has 0 amide bonds. The predicted octanol–water partition coefficient (Wildman–Crippen LogP) is 19.5. The highest BCUT2D eigenvalue weighted by Crippen LogP contribution is 2.15. The molecule has 1 atom stereocenters. The van der Waals surface area contributed by atoms with Crippen molar-refractivity contribution in [3.8, 4) is 0 Å². The Kier molecular flexibility index (Phi) is 54.3. The fraction of sp³-hybridized carbons (Fsp3) is 0.730. The normalized spacial score (nSPS) is 12.7. The molecule has 69 heavy (non-hydrogen) atoms. The summed E-state index contributed by atoms with van der Waals surface area (Å²) in [6, 6.07) is 0. The minimum Gasteiger partial charge on any atom is -0.462 e. The van der Waals surface area contributed by atoms with Crippen LogP contribution in [0.5, 0.6) is 0 Å². The number of unbranched alkanes of at least 4 members (excludes halogenated alkanes) is 27. The quantitative estimate of drug-likeness (QED) is 0.0262. The van der Waals surface area contributed by atoms with Gasteiger partial charge in [0.1, 0.15) is 13.2 Å². The third kappa shape index (κ3) is 55.4. The molecular weight excluding hydrogens is 853 g/mol. The lowest BCUT2D eigenvalue weighted by Crippen LogP contribution is -2.30. The van der Waals surface area contributed by atoms with Crippen molar-refractivity contribution >= 4 is 17.9 Å². The number of rotatable bonds is 52. The molecular formula is C63H108O6. The first-order chi connectivity index (χ1) is 34.0. The van der Waals surface area contributed by atoms with Crippen LogP contribution in [0.15, 0.2) is 85.1 Å². The predicted molar refractivity (Wildman–Crippen MR) is 297 cm³/mol. The van der Waals surface area contributed by atoms with E-state index in [9.17, 15) is 14.4 Å². The number of ether oxygens (including phenoxy) is 3. The Morgan fingerprint density at radius 1 is 0.290 bits per heavy atom. The Labute approximate surface area is 426 Å². The number of carbonyl (C=O) groups is 3. The van der Waals surface area contributed by atoms with Gasteiger partial charge in [-0.3, -0.25) is 14.4 Å². The molecule has 0 heterocycles. The molecule has 0 aliphatic heterocycles. The maximum atomic E-state index is 12.9. The SMILES string of the molecule is CCCCC/C=C/C/C=C/C/C=C/C/C=C/CCCCCC(=O)OC[C@@H](COC(=O)CCCCCCCCCCCCCCCCC)OC(=O)CCCCCC/C=C/C/C=C/C/C=C/CCCCC. The molecule has 396 valence electrons. The van der Waals surface area contributed by atoms with Gasteiger partial charge < -0.3 is 14.2 Å². The first-order valence-electron chi connectivity index (χ1n) is 29.1. The number of carbonyl (C=O) groups excluding carboxylic acids is 3. The summed E-state index contributed by atoms with van der Waals surface area (Å²) in [4.78, 5) is 38.2. The van der Waals surface area contributed by atoms with E-state index < -0.39 is 6.10 Å². The van der Waals surface area contributed by atoms with Crippen LogP contribution in [0.1, 0.15) is 278 Å². The molecule has 0 unspecified atom stereocenters. The Morgan fingerprint density at radius 3 is 0.855 bits per heavy atom. The largest absolute Gasteiger partial charge is 0.462 e. The van der Waals surface area contributed by atoms with Crippen molar-refractivity contribution in [1.82, 2.24) is 0 Å². The van der Waals surface area contributed by atoms with Gasteiger partial charge in [0.25, 0.3) is 0 Å². The van der Waals surface area contributed by atoms with E-state index in [1.54, 1.807) is 0 Å². The van der Waals surface area contributed by atoms with Crippen LogP contribution in [0, 0.1) is 0 Å². The number of hydrogen-bond acceptors (Lipinski definition) is 6. The van der Waals surface area contributed by atoms with Crippen LogP contribution in [-0.4, -0.2) is 37.2 Å². The molecule has 0 spiro atoms. The molecule has 0 saturated heterocycles. The summed E-state index contributed by atoms with van der Waals surface area (Å²) in [5.74, 6) is -0.941. The van der Waals surface area contributed by atoms with Crippen LogP contribution in [0.2, 0.25) is 0 Å². The van der Waals surface area contributed by atoms with Gasteiger partial charge in [0, 0.05) is 19.3 Å². The van der Waals surface area contributed by atoms with Crippen LogP contribution in [-0.2, 0) is 28.6 Å². The lowest BCUT2D eigenvalue weighted by molar-refractivity contribution is -0.167. The maximum Gasteiger partial charge on any atom is 0.306 e. The highest BCUT2D eigenvalue weighted by atomic mass is 16.6. The number of allylic oxidation sites excluding steroid dienone is 14. The molecule has 0 fully saturated rings. The van der Waals surface area contributed by atoms with Crippen molar-refractivity contribution in [3.05, 3.63) is 85.1 Å². The maximum absolute atomic E-state index is 12.9. The van der Waals surface area contributed by atoms with Gasteiger partial charge in [-0.05, 0) is 103 Å². The van der Waals surface area contributed by atoms with E-state index >= 15 is 0 Å². The van der Waals surface area contributed by atoms with Crippen molar-refractivity contribution < 1.29 is 28.6 Å². The zero-order valence-electron chi connectivity index (χ0n) is 45.3. The summed E-state index contributed by atoms with van der Waals surface area (Å²) in [6.07, 6.45) is 74.2. The monoisotopic (exact) mass is 961 g/mol. The van der Waals surface area contributed by atoms with Gasteiger partial charge in [-0.1, -0.05) is 241 Å². The van der Waals surface area contributed by atoms with E-state index in [4.69, 9.17) is 14.2 Å². The second kappa shape index (κ2) is 57.2. The lowest BCUT2D eigenvalue weighted by atomic mass is 10.0. The lowest BCUT2D eigenvalue weighted by Gasteiger charge is -2.18. The van der Waals surface area contributed by atoms with E-state index in [0.717, 1.165) is 109 Å². The van der Waals surface area contributed by atoms with E-state index in [2.05, 4.69) is 106 Å². The molecule has 0 saturated carbocycles. The average Bonchev–Trinajstić information content (AvgIpc) is 3.35. The second-order valence-corrected chi connectivity index (χ2v) is 19.2. The molecule has 0 aromatic carbocycles. The van der Waals surface area contributed by atoms with Crippen LogP contribution in [0.3, 0.4) is 0 Å². The number of hydrogen-bond donors (Lipinski definition) is 0. The molecule has 0 aromatic rings. The first-order valence-corrected chi connectivity index (χ1v) is 29.1. The van der Waals surface area contributed by atoms with Crippen molar-refractivity contribution in [1.29, 1.82) is 0 Å². The topological polar surface area (TPSA) is 78.9 Å². The third-order valence-electron chi connectivity index (χ3n) is 12.4. The molecule has 0 aliphatic carbocycles. The van der Waals surface area contributed by atoms with E-state index in [1.807, 2.05) is 0 Å². The van der Waals surface area contributed by atoms with Gasteiger partial charge in [-0.2, -0.15) is 0 Å². The van der Waals surface area contributed by atoms with Crippen LogP contribution >= 0.6 is 0 Å². The van der Waals surface area contributed by atoms with Crippen molar-refractivity contribution in [2.45, 2.75) is 284 Å². The summed E-state index contributed by atoms with van der Waals surface area (Å²) >= 11 is 0. The molecule has 0 aromatic heterocycles. The van der Waals surface area contributed by atoms with Gasteiger partial charge in [0.2, 0.25) is 0 Å². The first kappa shape index (κ1) is 65.6. The number of esters is 3. The summed E-state index contributed by atoms with van der Waals surface area (Å²) in [6.45, 7) is 6.56. The zero-order chi connectivity index (χ0) is 50.0. The van der Waals surface area contributed by atoms with Gasteiger partial charge >= 0.3 is 17.9 Å². The van der Waals surface area contributed by atoms with E-state index in [-0.39, 0.29) is 31.1 Å². The van der Waals surface area contributed by atoms with Crippen molar-refractivity contribution in [2.24, 2.45) is 0 Å². The van der Waals surface area contributed by atoms with Gasteiger partial charge in [0.15, 0.2) is 6.10 Å². The fourth-order valence-corrected chi connectivity index (χ4v) is 7.96. The minimum atomic E-state index is -0.801. The second-order valence-electron chi connectivity index (χ2n) is 19.2. The van der Waals surface area contributed by atoms with Gasteiger partial charge in [-0.25, -0.2) is 0 Å². The molecule has 6 nitrogen and oxygen atoms in total. The molecule has 0 aliphatic rings. The Morgan fingerprint density at radius 2 is 0.522 bits per heavy atom. The van der Waals surface area contributed by atoms with Crippen molar-refractivity contribution in [2.75, 3.05) is 13.2 Å². The summed E-state index contributed by atoms with van der Waals surface area (Å²) < 4.78 is 16.8. The third-order valence-corrected chi connectivity index (χ3v) is 12.4. The highest BCUT2D eigenvalue weighted by molar-refractivity contribution is 5.71. The zero-order valence-corrected chi connectivity index (χ0v) is 45.3. The summed E-state index contributed by atoms with van der Waals surface area (Å²) in [7, 11) is 0. The summed E-state index contributed by atoms with van der Waals surface area (Å²) in [5, 5.41) is 0. The summed E-state index contributed by atoms with van der Waals surface area (Å²) in [5.41, 5.74) is 0. The van der Waals surface area contributed by atoms with Crippen LogP contribution in [0.4, 0.5) is 0 Å². The van der Waals surface area contributed by atoms with Crippen LogP contribution in [0.25, 0.3) is 0 Å². The van der Waals surface area contributed by atoms with E-state index in [0.29, 0.717) is 19.3 Å². The Hall–Kier alpha value is -3.41. The standard InChI is InChI=1S/C63H108O6/c1-4-7-10-13-16-19-22-25-28-30-31-33-35-38-41-44-47-50-53-56-62(65)68-59-60(58-67-61(64)55-52-49-46-43-40-37-34-27-24-21-18-15-12-9-6-3)69-63(66)57-54-51-48-45-42-39-36-32-29-26-23-20-17-14-11-8-5-2/h16-17,19-20,25-26,28-29,31,33,36,38-39,41,60H,4-15,18,21-24,27,30,32,34-35,37,40,42-59H2,1-3H3/b19-16+,20-17+,28-25+,29-26+,33-31+,39-36+,41-38+/t60-/m1/s1. The van der Waals surface area contributed by atoms with Gasteiger partial charge in [0.05, 0.1) is 0 Å². The van der Waals surface area contributed by atoms with E-state index in [1.165, 1.54) is 128 Å². The molecule has 6 heteroatoms. The van der Waals surface area contributed by atoms with Crippen LogP contribution < -0.4 is 0 Å². The molecule has 0 radical (unpaired) electrons. The molecule has 0 bridgehead atoms. The van der Waals surface area contributed by atoms with Gasteiger partial charge in [-0.15, -0.1) is 0 Å². The highest BCUT2D eigenvalue weighted by Gasteiger charge is 2.19. The molecule has 0 N–H and O–H groups in total. The van der Waals surface area contributed by atoms with Crippen molar-refractivity contribution in [3.63, 3.8) is 0 Å². The fourth-order valence-electron chi connectivity index (χ4n) is 7.96. The Balaban J connectivity index is 4.48.